The van der Waals surface area contributed by atoms with Gasteiger partial charge in [-0.3, -0.25) is 14.3 Å². The van der Waals surface area contributed by atoms with Gasteiger partial charge in [0, 0.05) is 38.9 Å². The summed E-state index contributed by atoms with van der Waals surface area (Å²) in [6.07, 6.45) is 4.61. The van der Waals surface area contributed by atoms with E-state index in [2.05, 4.69) is 10.4 Å². The van der Waals surface area contributed by atoms with E-state index in [1.807, 2.05) is 19.3 Å². The highest BCUT2D eigenvalue weighted by atomic mass is 16.5. The minimum atomic E-state index is -0.488. The van der Waals surface area contributed by atoms with Crippen molar-refractivity contribution in [1.82, 2.24) is 14.7 Å². The number of carbonyl (C=O) groups excluding carboxylic acids is 2. The molecule has 1 aliphatic rings. The van der Waals surface area contributed by atoms with Gasteiger partial charge in [-0.15, -0.1) is 0 Å². The zero-order chi connectivity index (χ0) is 18.0. The van der Waals surface area contributed by atoms with E-state index < -0.39 is 5.92 Å². The number of ether oxygens (including phenoxy) is 1. The van der Waals surface area contributed by atoms with E-state index in [9.17, 15) is 9.59 Å². The van der Waals surface area contributed by atoms with Crippen LogP contribution in [0.15, 0.2) is 30.6 Å². The van der Waals surface area contributed by atoms with Crippen molar-refractivity contribution >= 4 is 17.5 Å². The molecule has 0 bridgehead atoms. The number of nitrogens with one attached hydrogen (secondary N) is 1. The standard InChI is InChI=1S/C18H22N4O3/c1-21(7-6-12-10-19-22(2)11-12)18(24)15-9-17(23)20-16-5-4-13(25-3)8-14(15)16/h4-5,8,10-11,15H,6-7,9H2,1-3H3,(H,20,23)/t15-/m0/s1. The zero-order valence-corrected chi connectivity index (χ0v) is 14.7. The van der Waals surface area contributed by atoms with Crippen LogP contribution in [0, 0.1) is 0 Å². The minimum Gasteiger partial charge on any atom is -0.497 e. The van der Waals surface area contributed by atoms with Gasteiger partial charge < -0.3 is 15.0 Å². The molecule has 132 valence electrons. The van der Waals surface area contributed by atoms with Gasteiger partial charge in [0.2, 0.25) is 11.8 Å². The number of benzene rings is 1. The van der Waals surface area contributed by atoms with Gasteiger partial charge in [-0.2, -0.15) is 5.10 Å². The maximum Gasteiger partial charge on any atom is 0.230 e. The fraction of sp³-hybridized carbons (Fsp3) is 0.389. The van der Waals surface area contributed by atoms with E-state index in [-0.39, 0.29) is 18.2 Å². The number of likely N-dealkylation sites (N-methyl/N-ethyl adjacent to an activating group) is 1. The molecule has 2 heterocycles. The summed E-state index contributed by atoms with van der Waals surface area (Å²) in [5.41, 5.74) is 2.55. The van der Waals surface area contributed by atoms with Crippen molar-refractivity contribution in [2.75, 3.05) is 26.0 Å². The monoisotopic (exact) mass is 342 g/mol. The summed E-state index contributed by atoms with van der Waals surface area (Å²) in [5, 5.41) is 6.95. The van der Waals surface area contributed by atoms with Crippen LogP contribution >= 0.6 is 0 Å². The SMILES string of the molecule is COc1ccc2c(c1)[C@@H](C(=O)N(C)CCc1cnn(C)c1)CC(=O)N2. The maximum absolute atomic E-state index is 12.9. The van der Waals surface area contributed by atoms with Gasteiger partial charge in [0.25, 0.3) is 0 Å². The average molecular weight is 342 g/mol. The molecule has 1 aromatic heterocycles. The third-order valence-corrected chi connectivity index (χ3v) is 4.47. The van der Waals surface area contributed by atoms with E-state index >= 15 is 0 Å². The minimum absolute atomic E-state index is 0.0618. The molecule has 1 atom stereocenters. The van der Waals surface area contributed by atoms with E-state index in [1.165, 1.54) is 0 Å². The van der Waals surface area contributed by atoms with Gasteiger partial charge in [0.1, 0.15) is 5.75 Å². The van der Waals surface area contributed by atoms with Crippen LogP contribution in [0.3, 0.4) is 0 Å². The number of rotatable bonds is 5. The molecule has 3 rings (SSSR count). The molecule has 1 aliphatic heterocycles. The van der Waals surface area contributed by atoms with Crippen molar-refractivity contribution in [3.8, 4) is 5.75 Å². The number of hydrogen-bond acceptors (Lipinski definition) is 4. The third-order valence-electron chi connectivity index (χ3n) is 4.47. The molecule has 1 N–H and O–H groups in total. The van der Waals surface area contributed by atoms with Gasteiger partial charge in [-0.25, -0.2) is 0 Å². The van der Waals surface area contributed by atoms with Crippen LogP contribution in [-0.2, 0) is 23.1 Å². The molecule has 0 aliphatic carbocycles. The predicted molar refractivity (Wildman–Crippen MR) is 93.5 cm³/mol. The Morgan fingerprint density at radius 2 is 2.28 bits per heavy atom. The summed E-state index contributed by atoms with van der Waals surface area (Å²) < 4.78 is 7.00. The Morgan fingerprint density at radius 3 is 2.96 bits per heavy atom. The predicted octanol–water partition coefficient (Wildman–Crippen LogP) is 1.56. The number of carbonyl (C=O) groups is 2. The van der Waals surface area contributed by atoms with Crippen molar-refractivity contribution in [1.29, 1.82) is 0 Å². The Morgan fingerprint density at radius 1 is 1.48 bits per heavy atom. The largest absolute Gasteiger partial charge is 0.497 e. The molecule has 25 heavy (non-hydrogen) atoms. The van der Waals surface area contributed by atoms with E-state index in [1.54, 1.807) is 42.1 Å². The lowest BCUT2D eigenvalue weighted by Gasteiger charge is -2.29. The van der Waals surface area contributed by atoms with Crippen molar-refractivity contribution in [2.24, 2.45) is 7.05 Å². The van der Waals surface area contributed by atoms with E-state index in [0.717, 1.165) is 17.5 Å². The second-order valence-electron chi connectivity index (χ2n) is 6.29. The fourth-order valence-electron chi connectivity index (χ4n) is 3.06. The first kappa shape index (κ1) is 17.0. The molecule has 7 nitrogen and oxygen atoms in total. The van der Waals surface area contributed by atoms with Crippen LogP contribution in [0.2, 0.25) is 0 Å². The van der Waals surface area contributed by atoms with Gasteiger partial charge in [-0.1, -0.05) is 0 Å². The summed E-state index contributed by atoms with van der Waals surface area (Å²) >= 11 is 0. The number of hydrogen-bond donors (Lipinski definition) is 1. The lowest BCUT2D eigenvalue weighted by atomic mass is 9.89. The number of aromatic nitrogens is 2. The van der Waals surface area contributed by atoms with Crippen molar-refractivity contribution in [3.63, 3.8) is 0 Å². The van der Waals surface area contributed by atoms with Crippen molar-refractivity contribution < 1.29 is 14.3 Å². The van der Waals surface area contributed by atoms with E-state index in [4.69, 9.17) is 4.74 Å². The normalized spacial score (nSPS) is 16.1. The summed E-state index contributed by atoms with van der Waals surface area (Å²) in [6.45, 7) is 0.571. The molecule has 0 unspecified atom stereocenters. The molecule has 0 saturated carbocycles. The van der Waals surface area contributed by atoms with Gasteiger partial charge in [-0.05, 0) is 35.7 Å². The summed E-state index contributed by atoms with van der Waals surface area (Å²) in [4.78, 5) is 26.6. The van der Waals surface area contributed by atoms with Crippen LogP contribution in [0.5, 0.6) is 5.75 Å². The molecular weight excluding hydrogens is 320 g/mol. The molecular formula is C18H22N4O3. The molecule has 1 aromatic carbocycles. The lowest BCUT2D eigenvalue weighted by molar-refractivity contribution is -0.133. The van der Waals surface area contributed by atoms with Crippen LogP contribution in [0.25, 0.3) is 0 Å². The molecule has 0 spiro atoms. The van der Waals surface area contributed by atoms with Crippen LogP contribution in [-0.4, -0.2) is 47.2 Å². The number of nitrogens with zero attached hydrogens (tertiary/aromatic N) is 3. The average Bonchev–Trinajstić information content (AvgIpc) is 3.03. The summed E-state index contributed by atoms with van der Waals surface area (Å²) in [7, 11) is 5.22. The highest BCUT2D eigenvalue weighted by Crippen LogP contribution is 2.35. The molecule has 0 fully saturated rings. The number of anilines is 1. The molecule has 2 aromatic rings. The first-order chi connectivity index (χ1) is 12.0. The Bertz CT molecular complexity index is 799. The van der Waals surface area contributed by atoms with Crippen molar-refractivity contribution in [3.05, 3.63) is 41.7 Å². The molecule has 0 radical (unpaired) electrons. The van der Waals surface area contributed by atoms with Gasteiger partial charge >= 0.3 is 0 Å². The summed E-state index contributed by atoms with van der Waals surface area (Å²) in [5.74, 6) is -0.0200. The van der Waals surface area contributed by atoms with Crippen LogP contribution in [0.4, 0.5) is 5.69 Å². The number of aryl methyl sites for hydroxylation is 1. The maximum atomic E-state index is 12.9. The fourth-order valence-corrected chi connectivity index (χ4v) is 3.06. The molecule has 7 heteroatoms. The first-order valence-corrected chi connectivity index (χ1v) is 8.18. The molecule has 0 saturated heterocycles. The number of amides is 2. The summed E-state index contributed by atoms with van der Waals surface area (Å²) in [6, 6.07) is 5.38. The lowest BCUT2D eigenvalue weighted by Crippen LogP contribution is -2.37. The first-order valence-electron chi connectivity index (χ1n) is 8.18. The van der Waals surface area contributed by atoms with Crippen LogP contribution in [0.1, 0.15) is 23.5 Å². The zero-order valence-electron chi connectivity index (χ0n) is 14.7. The Labute approximate surface area is 146 Å². The second-order valence-corrected chi connectivity index (χ2v) is 6.29. The Hall–Kier alpha value is -2.83. The number of fused-ring (bicyclic) bond motifs is 1. The topological polar surface area (TPSA) is 76.5 Å². The van der Waals surface area contributed by atoms with Gasteiger partial charge in [0.15, 0.2) is 0 Å². The highest BCUT2D eigenvalue weighted by molar-refractivity contribution is 6.01. The number of methoxy groups -OCH3 is 1. The Kier molecular flexibility index (Phi) is 4.74. The quantitative estimate of drug-likeness (QED) is 0.894. The highest BCUT2D eigenvalue weighted by Gasteiger charge is 2.32. The second kappa shape index (κ2) is 6.96. The third kappa shape index (κ3) is 3.65. The van der Waals surface area contributed by atoms with E-state index in [0.29, 0.717) is 18.0 Å². The van der Waals surface area contributed by atoms with Crippen LogP contribution < -0.4 is 10.1 Å². The molecule has 2 amide bonds. The van der Waals surface area contributed by atoms with Gasteiger partial charge in [0.05, 0.1) is 19.2 Å². The smallest absolute Gasteiger partial charge is 0.230 e. The Balaban J connectivity index is 1.75. The van der Waals surface area contributed by atoms with Crippen molar-refractivity contribution in [2.45, 2.75) is 18.8 Å².